The van der Waals surface area contributed by atoms with Crippen molar-refractivity contribution in [2.45, 2.75) is 23.4 Å². The third-order valence-electron chi connectivity index (χ3n) is 1.35. The molecule has 0 aromatic carbocycles. The molecular weight excluding hydrogens is 271 g/mol. The Morgan fingerprint density at radius 2 is 1.06 bits per heavy atom. The molecule has 0 spiro atoms. The van der Waals surface area contributed by atoms with Crippen LogP contribution in [0, 0.1) is 0 Å². The first-order valence-electron chi connectivity index (χ1n) is 3.53. The molecule has 0 saturated carbocycles. The Labute approximate surface area is 92.7 Å². The lowest BCUT2D eigenvalue weighted by molar-refractivity contribution is -0.504. The highest BCUT2D eigenvalue weighted by Crippen LogP contribution is 2.44. The average molecular weight is 281 g/mol. The molecule has 0 aliphatic heterocycles. The van der Waals surface area contributed by atoms with Crippen LogP contribution < -0.4 is 0 Å². The highest BCUT2D eigenvalue weighted by Gasteiger charge is 2.70. The van der Waals surface area contributed by atoms with Crippen LogP contribution in [-0.4, -0.2) is 74.5 Å². The van der Waals surface area contributed by atoms with Crippen molar-refractivity contribution >= 4 is 8.03 Å². The first kappa shape index (κ1) is 16.7. The lowest BCUT2D eigenvalue weighted by Crippen LogP contribution is -2.58. The summed E-state index contributed by atoms with van der Waals surface area (Å²) >= 11 is 0. The Kier molecular flexibility index (Phi) is 4.31. The van der Waals surface area contributed by atoms with E-state index in [0.29, 0.717) is 0 Å². The van der Waals surface area contributed by atoms with Gasteiger partial charge in [0.15, 0.2) is 0 Å². The van der Waals surface area contributed by atoms with E-state index in [0.717, 1.165) is 0 Å². The molecule has 0 aromatic heterocycles. The van der Waals surface area contributed by atoms with E-state index in [1.807, 2.05) is 0 Å². The van der Waals surface area contributed by atoms with Gasteiger partial charge in [0, 0.05) is 0 Å². The molecule has 0 fully saturated rings. The fraction of sp³-hybridized carbons (Fsp3) is 1.00. The van der Waals surface area contributed by atoms with E-state index in [9.17, 15) is 4.57 Å². The van der Waals surface area contributed by atoms with Crippen molar-refractivity contribution in [3.8, 4) is 0 Å². The van der Waals surface area contributed by atoms with Crippen molar-refractivity contribution in [1.82, 2.24) is 0 Å². The molecular formula is C4H10O12P+. The molecule has 1 unspecified atom stereocenters. The largest absolute Gasteiger partial charge is 0.591 e. The minimum atomic E-state index is -4.40. The van der Waals surface area contributed by atoms with Crippen LogP contribution in [-0.2, 0) is 9.09 Å². The van der Waals surface area contributed by atoms with Gasteiger partial charge in [-0.1, -0.05) is 4.52 Å². The van der Waals surface area contributed by atoms with Gasteiger partial charge < -0.3 is 51.1 Å². The summed E-state index contributed by atoms with van der Waals surface area (Å²) in [5.74, 6) is -13.2. The summed E-state index contributed by atoms with van der Waals surface area (Å²) in [6.07, 6.45) is 0. The molecule has 0 rings (SSSR count). The Balaban J connectivity index is 5.02. The topological polar surface area (TPSA) is 229 Å². The summed E-state index contributed by atoms with van der Waals surface area (Å²) < 4.78 is 14.2. The van der Waals surface area contributed by atoms with E-state index < -0.39 is 31.5 Å². The predicted octanol–water partition coefficient (Wildman–Crippen LogP) is -5.72. The van der Waals surface area contributed by atoms with Gasteiger partial charge >= 0.3 is 31.5 Å². The molecule has 12 nitrogen and oxygen atoms in total. The maximum Gasteiger partial charge on any atom is 0.591 e. The van der Waals surface area contributed by atoms with Crippen LogP contribution in [0.15, 0.2) is 0 Å². The van der Waals surface area contributed by atoms with Crippen molar-refractivity contribution in [3.05, 3.63) is 0 Å². The van der Waals surface area contributed by atoms with Crippen molar-refractivity contribution in [1.29, 1.82) is 0 Å². The van der Waals surface area contributed by atoms with Gasteiger partial charge in [-0.05, 0) is 4.57 Å². The second kappa shape index (κ2) is 4.40. The highest BCUT2D eigenvalue weighted by molar-refractivity contribution is 7.40. The summed E-state index contributed by atoms with van der Waals surface area (Å²) in [7, 11) is -4.33. The van der Waals surface area contributed by atoms with Gasteiger partial charge in [0.05, 0.1) is 0 Å². The monoisotopic (exact) mass is 281 g/mol. The first-order chi connectivity index (χ1) is 7.13. The number of hydrogen-bond donors (Lipinski definition) is 10. The van der Waals surface area contributed by atoms with Crippen LogP contribution in [0.5, 0.6) is 0 Å². The molecule has 0 aliphatic rings. The van der Waals surface area contributed by atoms with E-state index in [4.69, 9.17) is 51.1 Å². The minimum absolute atomic E-state index is 3.28. The smallest absolute Gasteiger partial charge is 0.337 e. The summed E-state index contributed by atoms with van der Waals surface area (Å²) in [4.78, 5) is 0. The maximum absolute atomic E-state index is 10.9. The van der Waals surface area contributed by atoms with E-state index in [2.05, 4.69) is 4.52 Å². The third kappa shape index (κ3) is 3.56. The fourth-order valence-electron chi connectivity index (χ4n) is 0.363. The van der Waals surface area contributed by atoms with Crippen LogP contribution in [0.1, 0.15) is 0 Å². The van der Waals surface area contributed by atoms with Crippen molar-refractivity contribution in [3.63, 3.8) is 0 Å². The van der Waals surface area contributed by atoms with Crippen LogP contribution in [0.2, 0.25) is 0 Å². The maximum atomic E-state index is 10.9. The van der Waals surface area contributed by atoms with Crippen LogP contribution in [0.3, 0.4) is 0 Å². The Morgan fingerprint density at radius 1 is 0.706 bits per heavy atom. The molecule has 0 saturated heterocycles. The first-order valence-corrected chi connectivity index (χ1v) is 4.71. The van der Waals surface area contributed by atoms with Crippen LogP contribution >= 0.6 is 8.03 Å². The van der Waals surface area contributed by atoms with Crippen molar-refractivity contribution < 1.29 is 60.2 Å². The summed E-state index contributed by atoms with van der Waals surface area (Å²) in [5.41, 5.74) is -4.33. The highest BCUT2D eigenvalue weighted by atomic mass is 31.1. The van der Waals surface area contributed by atoms with E-state index in [-0.39, 0.29) is 0 Å². The molecule has 0 radical (unpaired) electrons. The molecule has 0 aromatic rings. The van der Waals surface area contributed by atoms with Gasteiger partial charge in [0.25, 0.3) is 0 Å². The minimum Gasteiger partial charge on any atom is -0.337 e. The quantitative estimate of drug-likeness (QED) is 0.168. The molecule has 0 amide bonds. The second-order valence-electron chi connectivity index (χ2n) is 2.86. The molecule has 13 heteroatoms. The normalized spacial score (nSPS) is 16.0. The standard InChI is InChI=1S/C4H10O12P/c5-1(6,7)3(11,12)16-17(15)4(13,14)2(8,9)10/h5-14H/q+1. The SMILES string of the molecule is O=[P+](OC(O)(O)C(O)(O)O)C(O)(O)C(O)(O)O. The summed E-state index contributed by atoms with van der Waals surface area (Å²) in [6, 6.07) is 0. The number of hydrogen-bond acceptors (Lipinski definition) is 12. The Morgan fingerprint density at radius 3 is 1.29 bits per heavy atom. The van der Waals surface area contributed by atoms with Gasteiger partial charge in [-0.15, -0.1) is 0 Å². The summed E-state index contributed by atoms with van der Waals surface area (Å²) in [5, 5.41) is 84.3. The summed E-state index contributed by atoms with van der Waals surface area (Å²) in [6.45, 7) is 0. The molecule has 0 aliphatic carbocycles. The zero-order chi connectivity index (χ0) is 14.3. The van der Waals surface area contributed by atoms with Gasteiger partial charge in [-0.2, -0.15) is 0 Å². The van der Waals surface area contributed by atoms with Gasteiger partial charge in [-0.25, -0.2) is 0 Å². The van der Waals surface area contributed by atoms with Crippen LogP contribution in [0.4, 0.5) is 0 Å². The fourth-order valence-corrected chi connectivity index (χ4v) is 1.09. The molecule has 17 heavy (non-hydrogen) atoms. The van der Waals surface area contributed by atoms with E-state index in [1.165, 1.54) is 0 Å². The lowest BCUT2D eigenvalue weighted by atomic mass is 10.5. The zero-order valence-corrected chi connectivity index (χ0v) is 8.63. The zero-order valence-electron chi connectivity index (χ0n) is 7.74. The third-order valence-corrected chi connectivity index (χ3v) is 2.58. The molecule has 0 heterocycles. The van der Waals surface area contributed by atoms with E-state index >= 15 is 0 Å². The van der Waals surface area contributed by atoms with Crippen molar-refractivity contribution in [2.24, 2.45) is 0 Å². The molecule has 0 bridgehead atoms. The van der Waals surface area contributed by atoms with Gasteiger partial charge in [0.1, 0.15) is 0 Å². The van der Waals surface area contributed by atoms with Gasteiger partial charge in [-0.3, -0.25) is 0 Å². The molecule has 1 atom stereocenters. The average Bonchev–Trinajstić information content (AvgIpc) is 1.98. The van der Waals surface area contributed by atoms with E-state index in [1.54, 1.807) is 0 Å². The van der Waals surface area contributed by atoms with Crippen LogP contribution in [0.25, 0.3) is 0 Å². The Hall–Kier alpha value is -0.340. The predicted molar refractivity (Wildman–Crippen MR) is 41.8 cm³/mol. The van der Waals surface area contributed by atoms with Crippen molar-refractivity contribution in [2.75, 3.05) is 0 Å². The Bertz CT molecular complexity index is 295. The number of rotatable bonds is 5. The van der Waals surface area contributed by atoms with Gasteiger partial charge in [0.2, 0.25) is 0 Å². The molecule has 10 N–H and O–H groups in total. The molecule has 102 valence electrons. The lowest BCUT2D eigenvalue weighted by Gasteiger charge is -2.26. The number of aliphatic hydroxyl groups is 10. The second-order valence-corrected chi connectivity index (χ2v) is 4.18.